The monoisotopic (exact) mass is 347 g/mol. The lowest BCUT2D eigenvalue weighted by Gasteiger charge is -2.34. The van der Waals surface area contributed by atoms with Crippen LogP contribution in [0.1, 0.15) is 41.5 Å². The third-order valence-electron chi connectivity index (χ3n) is 3.38. The van der Waals surface area contributed by atoms with Gasteiger partial charge in [0, 0.05) is 12.4 Å². The minimum absolute atomic E-state index is 0.388. The van der Waals surface area contributed by atoms with Gasteiger partial charge in [-0.15, -0.1) is 5.73 Å². The Balaban J connectivity index is 3.55. The molecule has 1 rings (SSSR count). The van der Waals surface area contributed by atoms with E-state index in [2.05, 4.69) is 39.5 Å². The smallest absolute Gasteiger partial charge is 0.307 e. The zero-order chi connectivity index (χ0) is 16.1. The van der Waals surface area contributed by atoms with Gasteiger partial charge in [-0.1, -0.05) is 33.8 Å². The highest BCUT2D eigenvalue weighted by Crippen LogP contribution is 2.72. The zero-order valence-electron chi connectivity index (χ0n) is 13.9. The summed E-state index contributed by atoms with van der Waals surface area (Å²) in [5, 5.41) is 1.18. The van der Waals surface area contributed by atoms with Gasteiger partial charge < -0.3 is 9.05 Å². The molecular weight excluding hydrogens is 320 g/mol. The van der Waals surface area contributed by atoms with Crippen LogP contribution >= 0.6 is 13.7 Å². The summed E-state index contributed by atoms with van der Waals surface area (Å²) in [5.41, 5.74) is 4.14. The lowest BCUT2D eigenvalue weighted by atomic mass is 10.5. The summed E-state index contributed by atoms with van der Waals surface area (Å²) in [4.78, 5) is 0. The highest BCUT2D eigenvalue weighted by Gasteiger charge is 2.35. The van der Waals surface area contributed by atoms with E-state index in [-0.39, 0.29) is 0 Å². The molecule has 0 heterocycles. The van der Waals surface area contributed by atoms with Crippen LogP contribution in [-0.4, -0.2) is 24.5 Å². The van der Waals surface area contributed by atoms with Crippen molar-refractivity contribution in [3.63, 3.8) is 0 Å². The molecule has 21 heavy (non-hydrogen) atoms. The Kier molecular flexibility index (Phi) is 7.34. The van der Waals surface area contributed by atoms with Gasteiger partial charge in [0.2, 0.25) is 0 Å². The van der Waals surface area contributed by atoms with E-state index < -0.39 is 13.7 Å². The molecule has 120 valence electrons. The van der Waals surface area contributed by atoms with Gasteiger partial charge in [-0.2, -0.15) is 0 Å². The summed E-state index contributed by atoms with van der Waals surface area (Å²) < 4.78 is 16.7. The topological polar surface area (TPSA) is 30.8 Å². The van der Waals surface area contributed by atoms with Gasteiger partial charge in [0.1, 0.15) is 0 Å². The number of hydrogen-bond donors (Lipinski definition) is 0. The van der Waals surface area contributed by atoms with E-state index >= 15 is 0 Å². The summed E-state index contributed by atoms with van der Waals surface area (Å²) >= 11 is 5.67. The van der Waals surface area contributed by atoms with Gasteiger partial charge >= 0.3 is 6.64 Å². The summed E-state index contributed by atoms with van der Waals surface area (Å²) in [7, 11) is -1.86. The van der Waals surface area contributed by atoms with E-state index in [0.29, 0.717) is 24.5 Å². The molecule has 1 aliphatic rings. The van der Waals surface area contributed by atoms with Gasteiger partial charge in [0.05, 0.1) is 13.2 Å². The first-order valence-electron chi connectivity index (χ1n) is 7.48. The predicted octanol–water partition coefficient (Wildman–Crippen LogP) is 5.91. The highest BCUT2D eigenvalue weighted by atomic mass is 32.5. The Morgan fingerprint density at radius 3 is 2.00 bits per heavy atom. The van der Waals surface area contributed by atoms with Crippen molar-refractivity contribution < 1.29 is 9.05 Å². The Hall–Kier alpha value is 0.0600. The highest BCUT2D eigenvalue weighted by molar-refractivity contribution is 8.10. The molecule has 1 aliphatic carbocycles. The summed E-state index contributed by atoms with van der Waals surface area (Å²) in [6, 6.07) is 0. The molecule has 0 bridgehead atoms. The summed E-state index contributed by atoms with van der Waals surface area (Å²) in [6.45, 7) is 11.2. The second-order valence-corrected chi connectivity index (χ2v) is 13.0. The Labute approximate surface area is 134 Å². The molecule has 0 radical (unpaired) electrons. The fourth-order valence-corrected chi connectivity index (χ4v) is 11.8. The molecule has 0 saturated heterocycles. The van der Waals surface area contributed by atoms with Gasteiger partial charge in [-0.3, -0.25) is 0 Å². The molecule has 0 atom stereocenters. The van der Waals surface area contributed by atoms with Crippen molar-refractivity contribution in [1.82, 2.24) is 0 Å². The summed E-state index contributed by atoms with van der Waals surface area (Å²) in [5.74, 6) is 0. The van der Waals surface area contributed by atoms with Crippen molar-refractivity contribution in [2.24, 2.45) is 4.52 Å². The van der Waals surface area contributed by atoms with Crippen molar-refractivity contribution in [1.29, 1.82) is 0 Å². The fraction of sp³-hybridized carbons (Fsp3) is 0.667. The normalized spacial score (nSPS) is 15.1. The van der Waals surface area contributed by atoms with Crippen LogP contribution in [-0.2, 0) is 20.9 Å². The van der Waals surface area contributed by atoms with E-state index in [1.165, 1.54) is 5.31 Å². The maximum atomic E-state index is 5.77. The Morgan fingerprint density at radius 1 is 1.14 bits per heavy atom. The van der Waals surface area contributed by atoms with Gasteiger partial charge in [-0.05, 0) is 49.1 Å². The first kappa shape index (κ1) is 19.1. The quantitative estimate of drug-likeness (QED) is 0.404. The van der Waals surface area contributed by atoms with E-state index in [4.69, 9.17) is 25.4 Å². The van der Waals surface area contributed by atoms with Crippen LogP contribution in [0.15, 0.2) is 33.8 Å². The molecule has 0 spiro atoms. The molecule has 0 aromatic carbocycles. The van der Waals surface area contributed by atoms with Gasteiger partial charge in [0.25, 0.3) is 0 Å². The van der Waals surface area contributed by atoms with Crippen LogP contribution in [0.25, 0.3) is 0 Å². The third-order valence-corrected chi connectivity index (χ3v) is 12.1. The van der Waals surface area contributed by atoms with Gasteiger partial charge in [-0.25, -0.2) is 4.52 Å². The Morgan fingerprint density at radius 2 is 1.67 bits per heavy atom. The summed E-state index contributed by atoms with van der Waals surface area (Å²) in [6.07, 6.45) is 6.10. The van der Waals surface area contributed by atoms with E-state index in [9.17, 15) is 0 Å². The molecular formula is C15H27NO2P2S. The first-order chi connectivity index (χ1) is 9.82. The lowest BCUT2D eigenvalue weighted by Crippen LogP contribution is -2.10. The second-order valence-electron chi connectivity index (χ2n) is 5.37. The van der Waals surface area contributed by atoms with E-state index in [0.717, 1.165) is 0 Å². The fourth-order valence-electron chi connectivity index (χ4n) is 2.55. The minimum Gasteiger partial charge on any atom is -0.313 e. The van der Waals surface area contributed by atoms with Crippen molar-refractivity contribution >= 4 is 25.5 Å². The maximum Gasteiger partial charge on any atom is 0.307 e. The van der Waals surface area contributed by atoms with Crippen molar-refractivity contribution in [2.45, 2.75) is 52.9 Å². The van der Waals surface area contributed by atoms with Crippen LogP contribution in [0, 0.1) is 0 Å². The molecule has 0 aliphatic heterocycles. The molecule has 6 heteroatoms. The van der Waals surface area contributed by atoms with E-state index in [1.807, 2.05) is 26.0 Å². The first-order valence-corrected chi connectivity index (χ1v) is 12.0. The van der Waals surface area contributed by atoms with Crippen LogP contribution < -0.4 is 0 Å². The zero-order valence-corrected chi connectivity index (χ0v) is 16.5. The SMILES string of the molecule is CCOP(=S)(N=P(C1=C=CC=C1)(C(C)C)C(C)C)OCC. The Bertz CT molecular complexity index is 536. The predicted molar refractivity (Wildman–Crippen MR) is 97.9 cm³/mol. The molecule has 0 aromatic heterocycles. The van der Waals surface area contributed by atoms with Crippen LogP contribution in [0.2, 0.25) is 0 Å². The van der Waals surface area contributed by atoms with E-state index in [1.54, 1.807) is 0 Å². The number of allylic oxidation sites excluding steroid dienone is 3. The average Bonchev–Trinajstić information content (AvgIpc) is 2.89. The van der Waals surface area contributed by atoms with Crippen molar-refractivity contribution in [2.75, 3.05) is 13.2 Å². The van der Waals surface area contributed by atoms with Crippen LogP contribution in [0.4, 0.5) is 0 Å². The molecule has 0 N–H and O–H groups in total. The van der Waals surface area contributed by atoms with Crippen LogP contribution in [0.3, 0.4) is 0 Å². The molecule has 0 fully saturated rings. The number of rotatable bonds is 8. The third kappa shape index (κ3) is 4.29. The van der Waals surface area contributed by atoms with Crippen LogP contribution in [0.5, 0.6) is 0 Å². The average molecular weight is 347 g/mol. The molecule has 0 amide bonds. The van der Waals surface area contributed by atoms with Crippen molar-refractivity contribution in [3.8, 4) is 0 Å². The number of hydrogen-bond acceptors (Lipinski definition) is 3. The van der Waals surface area contributed by atoms with Gasteiger partial charge in [0.15, 0.2) is 0 Å². The maximum absolute atomic E-state index is 5.77. The second kappa shape index (κ2) is 8.06. The molecule has 3 nitrogen and oxygen atoms in total. The standard InChI is InChI=1S/C15H27NO2P2S/c1-7-17-20(21,18-8-2)16-19(13(3)4,14(5)6)15-11-9-10-12-15/h9-11,13-14H,7-8H2,1-6H3. The largest absolute Gasteiger partial charge is 0.313 e. The minimum atomic E-state index is -2.60. The molecule has 0 unspecified atom stereocenters. The number of nitrogens with zero attached hydrogens (tertiary/aromatic N) is 1. The molecule has 0 aromatic rings. The molecule has 0 saturated carbocycles. The lowest BCUT2D eigenvalue weighted by molar-refractivity contribution is 0.268. The van der Waals surface area contributed by atoms with Crippen molar-refractivity contribution in [3.05, 3.63) is 29.3 Å².